The molecule has 5 nitrogen and oxygen atoms in total. The summed E-state index contributed by atoms with van der Waals surface area (Å²) in [6, 6.07) is 11.3. The molecule has 0 bridgehead atoms. The maximum absolute atomic E-state index is 12.2. The predicted octanol–water partition coefficient (Wildman–Crippen LogP) is 4.51. The first-order chi connectivity index (χ1) is 12.5. The van der Waals surface area contributed by atoms with E-state index in [2.05, 4.69) is 20.9 Å². The van der Waals surface area contributed by atoms with Crippen molar-refractivity contribution in [3.63, 3.8) is 0 Å². The zero-order valence-electron chi connectivity index (χ0n) is 14.7. The molecule has 0 N–H and O–H groups in total. The number of rotatable bonds is 5. The minimum absolute atomic E-state index is 0.237. The van der Waals surface area contributed by atoms with Crippen molar-refractivity contribution >= 4 is 33.9 Å². The van der Waals surface area contributed by atoms with Gasteiger partial charge in [0.2, 0.25) is 5.90 Å². The monoisotopic (exact) mass is 415 g/mol. The Bertz CT molecular complexity index is 918. The molecule has 2 aromatic rings. The van der Waals surface area contributed by atoms with E-state index in [0.717, 1.165) is 21.2 Å². The van der Waals surface area contributed by atoms with Crippen molar-refractivity contribution in [2.45, 2.75) is 13.8 Å². The number of methoxy groups -OCH3 is 1. The highest BCUT2D eigenvalue weighted by Crippen LogP contribution is 2.37. The van der Waals surface area contributed by atoms with Gasteiger partial charge in [-0.25, -0.2) is 9.79 Å². The Hall–Kier alpha value is -2.60. The molecule has 0 spiro atoms. The van der Waals surface area contributed by atoms with Gasteiger partial charge in [0.25, 0.3) is 0 Å². The molecule has 1 heterocycles. The fourth-order valence-corrected chi connectivity index (χ4v) is 3.18. The minimum Gasteiger partial charge on any atom is -0.493 e. The molecule has 3 rings (SSSR count). The van der Waals surface area contributed by atoms with Crippen LogP contribution in [0, 0.1) is 6.92 Å². The molecule has 0 aromatic heterocycles. The number of aryl methyl sites for hydroxylation is 1. The number of hydrogen-bond acceptors (Lipinski definition) is 5. The molecule has 1 aliphatic rings. The topological polar surface area (TPSA) is 57.1 Å². The Labute approximate surface area is 160 Å². The summed E-state index contributed by atoms with van der Waals surface area (Å²) in [6.07, 6.45) is 1.66. The Kier molecular flexibility index (Phi) is 5.42. The van der Waals surface area contributed by atoms with Gasteiger partial charge in [0.05, 0.1) is 18.2 Å². The van der Waals surface area contributed by atoms with Gasteiger partial charge in [0.15, 0.2) is 17.2 Å². The Morgan fingerprint density at radius 1 is 1.27 bits per heavy atom. The fourth-order valence-electron chi connectivity index (χ4n) is 2.60. The standard InChI is InChI=1S/C20H18BrNO4/c1-4-25-18-15(21)9-13(11-17(18)24-3)10-16-20(23)26-19(22-16)14-8-6-5-7-12(14)2/h5-11H,4H2,1-3H3/b16-10-. The van der Waals surface area contributed by atoms with Crippen molar-refractivity contribution in [3.8, 4) is 11.5 Å². The quantitative estimate of drug-likeness (QED) is 0.532. The van der Waals surface area contributed by atoms with Gasteiger partial charge in [-0.3, -0.25) is 0 Å². The first kappa shape index (κ1) is 18.2. The molecule has 0 aliphatic carbocycles. The van der Waals surface area contributed by atoms with Crippen LogP contribution in [0.25, 0.3) is 6.08 Å². The summed E-state index contributed by atoms with van der Waals surface area (Å²) in [5.74, 6) is 1.03. The SMILES string of the molecule is CCOc1c(Br)cc(/C=C2\N=C(c3ccccc3C)OC2=O)cc1OC. The van der Waals surface area contributed by atoms with Crippen LogP contribution in [0.5, 0.6) is 11.5 Å². The average molecular weight is 416 g/mol. The second-order valence-corrected chi connectivity index (χ2v) is 6.47. The van der Waals surface area contributed by atoms with Gasteiger partial charge < -0.3 is 14.2 Å². The van der Waals surface area contributed by atoms with Crippen LogP contribution in [0.2, 0.25) is 0 Å². The van der Waals surface area contributed by atoms with Crippen LogP contribution in [0.4, 0.5) is 0 Å². The maximum Gasteiger partial charge on any atom is 0.363 e. The molecule has 1 aliphatic heterocycles. The summed E-state index contributed by atoms with van der Waals surface area (Å²) in [6.45, 7) is 4.37. The van der Waals surface area contributed by atoms with Crippen LogP contribution < -0.4 is 9.47 Å². The Morgan fingerprint density at radius 2 is 2.04 bits per heavy atom. The van der Waals surface area contributed by atoms with Crippen LogP contribution in [0.15, 0.2) is 51.6 Å². The number of hydrogen-bond donors (Lipinski definition) is 0. The van der Waals surface area contributed by atoms with Gasteiger partial charge in [0, 0.05) is 5.56 Å². The number of halogens is 1. The molecule has 0 atom stereocenters. The minimum atomic E-state index is -0.479. The number of carbonyl (C=O) groups is 1. The average Bonchev–Trinajstić information content (AvgIpc) is 2.98. The van der Waals surface area contributed by atoms with Crippen LogP contribution >= 0.6 is 15.9 Å². The van der Waals surface area contributed by atoms with Gasteiger partial charge in [-0.1, -0.05) is 18.2 Å². The van der Waals surface area contributed by atoms with Gasteiger partial charge in [-0.2, -0.15) is 0 Å². The molecule has 0 unspecified atom stereocenters. The van der Waals surface area contributed by atoms with Crippen LogP contribution in [0.3, 0.4) is 0 Å². The number of esters is 1. The van der Waals surface area contributed by atoms with Gasteiger partial charge in [-0.15, -0.1) is 0 Å². The van der Waals surface area contributed by atoms with Gasteiger partial charge in [-0.05, 0) is 65.2 Å². The summed E-state index contributed by atoms with van der Waals surface area (Å²) in [5, 5.41) is 0. The van der Waals surface area contributed by atoms with E-state index in [4.69, 9.17) is 14.2 Å². The first-order valence-electron chi connectivity index (χ1n) is 8.12. The molecule has 0 amide bonds. The van der Waals surface area contributed by atoms with Crippen LogP contribution in [0.1, 0.15) is 23.6 Å². The molecule has 0 radical (unpaired) electrons. The lowest BCUT2D eigenvalue weighted by Gasteiger charge is -2.12. The summed E-state index contributed by atoms with van der Waals surface area (Å²) in [4.78, 5) is 16.6. The summed E-state index contributed by atoms with van der Waals surface area (Å²) in [5.41, 5.74) is 2.78. The number of cyclic esters (lactones) is 1. The Morgan fingerprint density at radius 3 is 2.73 bits per heavy atom. The zero-order valence-corrected chi connectivity index (χ0v) is 16.3. The van der Waals surface area contributed by atoms with Crippen molar-refractivity contribution in [1.29, 1.82) is 0 Å². The molecule has 0 fully saturated rings. The second kappa shape index (κ2) is 7.74. The number of carbonyl (C=O) groups excluding carboxylic acids is 1. The van der Waals surface area contributed by atoms with Crippen LogP contribution in [-0.2, 0) is 9.53 Å². The fraction of sp³-hybridized carbons (Fsp3) is 0.200. The van der Waals surface area contributed by atoms with Crippen LogP contribution in [-0.4, -0.2) is 25.6 Å². The number of aliphatic imine (C=N–C) groups is 1. The molecule has 26 heavy (non-hydrogen) atoms. The predicted molar refractivity (Wildman–Crippen MR) is 104 cm³/mol. The highest BCUT2D eigenvalue weighted by atomic mass is 79.9. The lowest BCUT2D eigenvalue weighted by atomic mass is 10.1. The molecule has 134 valence electrons. The third-order valence-electron chi connectivity index (χ3n) is 3.84. The van der Waals surface area contributed by atoms with Crippen molar-refractivity contribution in [1.82, 2.24) is 0 Å². The van der Waals surface area contributed by atoms with E-state index < -0.39 is 5.97 Å². The van der Waals surface area contributed by atoms with E-state index >= 15 is 0 Å². The van der Waals surface area contributed by atoms with E-state index in [1.807, 2.05) is 44.2 Å². The molecular weight excluding hydrogens is 398 g/mol. The highest BCUT2D eigenvalue weighted by molar-refractivity contribution is 9.10. The van der Waals surface area contributed by atoms with Crippen molar-refractivity contribution in [2.75, 3.05) is 13.7 Å². The molecule has 0 saturated heterocycles. The van der Waals surface area contributed by atoms with Gasteiger partial charge >= 0.3 is 5.97 Å². The Balaban J connectivity index is 1.98. The normalized spacial score (nSPS) is 15.0. The number of ether oxygens (including phenoxy) is 3. The third kappa shape index (κ3) is 3.65. The smallest absolute Gasteiger partial charge is 0.363 e. The van der Waals surface area contributed by atoms with E-state index in [1.165, 1.54) is 0 Å². The van der Waals surface area contributed by atoms with E-state index in [-0.39, 0.29) is 5.70 Å². The largest absolute Gasteiger partial charge is 0.493 e. The molecule has 2 aromatic carbocycles. The van der Waals surface area contributed by atoms with Crippen molar-refractivity contribution in [2.24, 2.45) is 4.99 Å². The van der Waals surface area contributed by atoms with Crippen molar-refractivity contribution < 1.29 is 19.0 Å². The highest BCUT2D eigenvalue weighted by Gasteiger charge is 2.25. The number of nitrogens with zero attached hydrogens (tertiary/aromatic N) is 1. The van der Waals surface area contributed by atoms with Gasteiger partial charge in [0.1, 0.15) is 0 Å². The molecular formula is C20H18BrNO4. The van der Waals surface area contributed by atoms with Crippen molar-refractivity contribution in [3.05, 3.63) is 63.3 Å². The number of benzene rings is 2. The second-order valence-electron chi connectivity index (χ2n) is 5.62. The summed E-state index contributed by atoms with van der Waals surface area (Å²) in [7, 11) is 1.57. The summed E-state index contributed by atoms with van der Waals surface area (Å²) >= 11 is 3.48. The van der Waals surface area contributed by atoms with E-state index in [9.17, 15) is 4.79 Å². The zero-order chi connectivity index (χ0) is 18.7. The summed E-state index contributed by atoms with van der Waals surface area (Å²) < 4.78 is 17.0. The maximum atomic E-state index is 12.2. The third-order valence-corrected chi connectivity index (χ3v) is 4.43. The lowest BCUT2D eigenvalue weighted by molar-refractivity contribution is -0.129. The van der Waals surface area contributed by atoms with E-state index in [0.29, 0.717) is 24.0 Å². The first-order valence-corrected chi connectivity index (χ1v) is 8.91. The molecule has 6 heteroatoms. The lowest BCUT2D eigenvalue weighted by Crippen LogP contribution is -2.06. The van der Waals surface area contributed by atoms with E-state index in [1.54, 1.807) is 19.3 Å². The molecule has 0 saturated carbocycles.